The van der Waals surface area contributed by atoms with Crippen molar-refractivity contribution in [1.29, 1.82) is 5.26 Å². The van der Waals surface area contributed by atoms with Gasteiger partial charge < -0.3 is 5.32 Å². The van der Waals surface area contributed by atoms with Crippen molar-refractivity contribution in [3.05, 3.63) is 55.7 Å². The molecular weight excluding hydrogens is 387 g/mol. The SMILES string of the molecule is N#CCn1c(CNc2ccc(F)c(Cl)c2)nc2sc3c(c2c1=O)CCCC3. The molecule has 0 bridgehead atoms. The number of hydrogen-bond donors (Lipinski definition) is 1. The molecule has 2 heterocycles. The largest absolute Gasteiger partial charge is 0.378 e. The standard InChI is InChI=1S/C19H16ClFN4OS/c20-13-9-11(5-6-14(13)21)23-10-16-24-18-17(19(26)25(16)8-7-22)12-3-1-2-4-15(12)27-18/h5-6,9,23H,1-4,8,10H2. The maximum absolute atomic E-state index is 13.3. The molecule has 4 rings (SSSR count). The molecule has 1 aromatic carbocycles. The summed E-state index contributed by atoms with van der Waals surface area (Å²) in [7, 11) is 0. The molecule has 0 unspecified atom stereocenters. The normalized spacial score (nSPS) is 13.4. The van der Waals surface area contributed by atoms with E-state index in [1.807, 2.05) is 6.07 Å². The minimum Gasteiger partial charge on any atom is -0.378 e. The highest BCUT2D eigenvalue weighted by molar-refractivity contribution is 7.18. The molecule has 138 valence electrons. The van der Waals surface area contributed by atoms with Crippen LogP contribution in [0.15, 0.2) is 23.0 Å². The summed E-state index contributed by atoms with van der Waals surface area (Å²) in [5, 5.41) is 13.0. The topological polar surface area (TPSA) is 70.7 Å². The van der Waals surface area contributed by atoms with E-state index in [0.29, 0.717) is 16.9 Å². The second-order valence-corrected chi connectivity index (χ2v) is 7.94. The number of halogens is 2. The van der Waals surface area contributed by atoms with Gasteiger partial charge in [0.2, 0.25) is 0 Å². The first-order chi connectivity index (χ1) is 13.1. The van der Waals surface area contributed by atoms with Gasteiger partial charge in [0.25, 0.3) is 5.56 Å². The molecule has 3 aromatic rings. The molecule has 1 aliphatic rings. The van der Waals surface area contributed by atoms with Crippen LogP contribution >= 0.6 is 22.9 Å². The first-order valence-electron chi connectivity index (χ1n) is 8.68. The smallest absolute Gasteiger partial charge is 0.263 e. The van der Waals surface area contributed by atoms with Crippen LogP contribution < -0.4 is 10.9 Å². The molecule has 1 N–H and O–H groups in total. The van der Waals surface area contributed by atoms with E-state index < -0.39 is 5.82 Å². The van der Waals surface area contributed by atoms with Gasteiger partial charge in [-0.1, -0.05) is 11.6 Å². The van der Waals surface area contributed by atoms with Crippen LogP contribution in [0.2, 0.25) is 5.02 Å². The number of rotatable bonds is 4. The lowest BCUT2D eigenvalue weighted by Gasteiger charge is -2.13. The summed E-state index contributed by atoms with van der Waals surface area (Å²) in [5.74, 6) is -0.0135. The number of anilines is 1. The summed E-state index contributed by atoms with van der Waals surface area (Å²) < 4.78 is 14.7. The molecule has 0 amide bonds. The molecule has 5 nitrogen and oxygen atoms in total. The predicted octanol–water partition coefficient (Wildman–Crippen LogP) is 4.26. The van der Waals surface area contributed by atoms with Gasteiger partial charge in [0.15, 0.2) is 0 Å². The number of thiophene rings is 1. The highest BCUT2D eigenvalue weighted by Gasteiger charge is 2.22. The van der Waals surface area contributed by atoms with E-state index in [-0.39, 0.29) is 23.7 Å². The maximum atomic E-state index is 13.3. The Balaban J connectivity index is 1.75. The lowest BCUT2D eigenvalue weighted by Crippen LogP contribution is -2.26. The van der Waals surface area contributed by atoms with E-state index in [1.165, 1.54) is 21.6 Å². The molecule has 0 saturated heterocycles. The number of hydrogen-bond acceptors (Lipinski definition) is 5. The molecule has 2 aromatic heterocycles. The predicted molar refractivity (Wildman–Crippen MR) is 105 cm³/mol. The molecular formula is C19H16ClFN4OS. The Kier molecular flexibility index (Phi) is 4.85. The third-order valence-corrected chi connectivity index (χ3v) is 6.23. The number of nitrogens with zero attached hydrogens (tertiary/aromatic N) is 3. The molecule has 0 atom stereocenters. The Morgan fingerprint density at radius 2 is 2.19 bits per heavy atom. The molecule has 0 aliphatic heterocycles. The van der Waals surface area contributed by atoms with Gasteiger partial charge in [-0.05, 0) is 49.4 Å². The lowest BCUT2D eigenvalue weighted by atomic mass is 9.97. The Labute approximate surface area is 164 Å². The fourth-order valence-electron chi connectivity index (χ4n) is 3.44. The third-order valence-electron chi connectivity index (χ3n) is 4.75. The van der Waals surface area contributed by atoms with Crippen LogP contribution in [0.5, 0.6) is 0 Å². The van der Waals surface area contributed by atoms with Crippen LogP contribution in [-0.2, 0) is 25.9 Å². The number of fused-ring (bicyclic) bond motifs is 3. The quantitative estimate of drug-likeness (QED) is 0.707. The summed E-state index contributed by atoms with van der Waals surface area (Å²) in [4.78, 5) is 19.7. The first-order valence-corrected chi connectivity index (χ1v) is 9.87. The van der Waals surface area contributed by atoms with Crippen molar-refractivity contribution >= 4 is 38.8 Å². The van der Waals surface area contributed by atoms with Crippen molar-refractivity contribution in [3.63, 3.8) is 0 Å². The van der Waals surface area contributed by atoms with E-state index in [2.05, 4.69) is 10.3 Å². The Morgan fingerprint density at radius 1 is 1.37 bits per heavy atom. The summed E-state index contributed by atoms with van der Waals surface area (Å²) in [6.07, 6.45) is 4.08. The minimum absolute atomic E-state index is 0.0174. The second kappa shape index (κ2) is 7.29. The van der Waals surface area contributed by atoms with Gasteiger partial charge in [0.05, 0.1) is 23.0 Å². The summed E-state index contributed by atoms with van der Waals surface area (Å²) in [6.45, 7) is 0.172. The van der Waals surface area contributed by atoms with Gasteiger partial charge in [0, 0.05) is 10.6 Å². The Morgan fingerprint density at radius 3 is 2.96 bits per heavy atom. The molecule has 8 heteroatoms. The monoisotopic (exact) mass is 402 g/mol. The van der Waals surface area contributed by atoms with Crippen LogP contribution in [0, 0.1) is 17.1 Å². The average molecular weight is 403 g/mol. The zero-order valence-electron chi connectivity index (χ0n) is 14.4. The molecule has 0 fully saturated rings. The minimum atomic E-state index is -0.493. The number of nitrogens with one attached hydrogen (secondary N) is 1. The Hall–Kier alpha value is -2.43. The first kappa shape index (κ1) is 18.0. The summed E-state index contributed by atoms with van der Waals surface area (Å²) in [6, 6.07) is 6.36. The van der Waals surface area contributed by atoms with Gasteiger partial charge in [-0.2, -0.15) is 5.26 Å². The number of nitriles is 1. The molecule has 0 spiro atoms. The lowest BCUT2D eigenvalue weighted by molar-refractivity contribution is 0.628. The van der Waals surface area contributed by atoms with Crippen molar-refractivity contribution in [3.8, 4) is 6.07 Å². The highest BCUT2D eigenvalue weighted by Crippen LogP contribution is 2.33. The molecule has 0 saturated carbocycles. The van der Waals surface area contributed by atoms with Crippen molar-refractivity contribution in [2.75, 3.05) is 5.32 Å². The van der Waals surface area contributed by atoms with Crippen LogP contribution in [-0.4, -0.2) is 9.55 Å². The van der Waals surface area contributed by atoms with Crippen LogP contribution in [0.1, 0.15) is 29.1 Å². The van der Waals surface area contributed by atoms with E-state index in [9.17, 15) is 9.18 Å². The molecule has 0 radical (unpaired) electrons. The van der Waals surface area contributed by atoms with Crippen LogP contribution in [0.25, 0.3) is 10.2 Å². The summed E-state index contributed by atoms with van der Waals surface area (Å²) in [5.41, 5.74) is 1.56. The fraction of sp³-hybridized carbons (Fsp3) is 0.316. The summed E-state index contributed by atoms with van der Waals surface area (Å²) >= 11 is 7.39. The van der Waals surface area contributed by atoms with E-state index in [1.54, 1.807) is 17.4 Å². The number of aromatic nitrogens is 2. The van der Waals surface area contributed by atoms with Gasteiger partial charge >= 0.3 is 0 Å². The van der Waals surface area contributed by atoms with Crippen molar-refractivity contribution in [2.45, 2.75) is 38.8 Å². The second-order valence-electron chi connectivity index (χ2n) is 6.45. The zero-order chi connectivity index (χ0) is 19.0. The number of benzene rings is 1. The van der Waals surface area contributed by atoms with Crippen molar-refractivity contribution < 1.29 is 4.39 Å². The highest BCUT2D eigenvalue weighted by atomic mass is 35.5. The molecule has 27 heavy (non-hydrogen) atoms. The van der Waals surface area contributed by atoms with Gasteiger partial charge in [-0.3, -0.25) is 9.36 Å². The molecule has 1 aliphatic carbocycles. The van der Waals surface area contributed by atoms with Crippen LogP contribution in [0.3, 0.4) is 0 Å². The number of aryl methyl sites for hydroxylation is 2. The zero-order valence-corrected chi connectivity index (χ0v) is 16.0. The maximum Gasteiger partial charge on any atom is 0.263 e. The van der Waals surface area contributed by atoms with E-state index in [0.717, 1.165) is 36.1 Å². The fourth-order valence-corrected chi connectivity index (χ4v) is 4.89. The van der Waals surface area contributed by atoms with Gasteiger partial charge in [-0.15, -0.1) is 11.3 Å². The van der Waals surface area contributed by atoms with Gasteiger partial charge in [0.1, 0.15) is 23.0 Å². The van der Waals surface area contributed by atoms with Crippen molar-refractivity contribution in [2.24, 2.45) is 0 Å². The third kappa shape index (κ3) is 3.31. The van der Waals surface area contributed by atoms with Gasteiger partial charge in [-0.25, -0.2) is 9.37 Å². The van der Waals surface area contributed by atoms with Crippen molar-refractivity contribution in [1.82, 2.24) is 9.55 Å². The average Bonchev–Trinajstić information content (AvgIpc) is 3.04. The Bertz CT molecular complexity index is 1130. The van der Waals surface area contributed by atoms with E-state index >= 15 is 0 Å². The van der Waals surface area contributed by atoms with Crippen LogP contribution in [0.4, 0.5) is 10.1 Å². The van der Waals surface area contributed by atoms with E-state index in [4.69, 9.17) is 16.9 Å².